The summed E-state index contributed by atoms with van der Waals surface area (Å²) in [6.07, 6.45) is 3.10. The van der Waals surface area contributed by atoms with Gasteiger partial charge in [0.2, 0.25) is 5.13 Å². The molecular weight excluding hydrogens is 298 g/mol. The molecule has 6 heteroatoms. The molecule has 2 aromatic rings. The molecule has 1 heterocycles. The van der Waals surface area contributed by atoms with Crippen LogP contribution in [0.1, 0.15) is 37.1 Å². The van der Waals surface area contributed by atoms with E-state index in [1.807, 2.05) is 31.2 Å². The molecule has 0 saturated heterocycles. The lowest BCUT2D eigenvalue weighted by Crippen LogP contribution is -2.15. The molecule has 1 fully saturated rings. The van der Waals surface area contributed by atoms with E-state index >= 15 is 0 Å². The monoisotopic (exact) mass is 317 g/mol. The van der Waals surface area contributed by atoms with E-state index in [-0.39, 0.29) is 11.9 Å². The Morgan fingerprint density at radius 3 is 2.77 bits per heavy atom. The minimum absolute atomic E-state index is 0.131. The van der Waals surface area contributed by atoms with Gasteiger partial charge in [0.1, 0.15) is 5.82 Å². The quantitative estimate of drug-likeness (QED) is 0.826. The average molecular weight is 317 g/mol. The highest BCUT2D eigenvalue weighted by molar-refractivity contribution is 7.09. The predicted octanol–water partition coefficient (Wildman–Crippen LogP) is 3.51. The van der Waals surface area contributed by atoms with E-state index in [0.29, 0.717) is 12.3 Å². The lowest BCUT2D eigenvalue weighted by atomic mass is 10.0. The van der Waals surface area contributed by atoms with Crippen LogP contribution in [0.25, 0.3) is 0 Å². The number of hydrogen-bond donors (Lipinski definition) is 1. The van der Waals surface area contributed by atoms with Crippen molar-refractivity contribution in [2.75, 3.05) is 12.4 Å². The Kier molecular flexibility index (Phi) is 4.38. The first-order valence-corrected chi connectivity index (χ1v) is 8.20. The molecule has 0 aliphatic heterocycles. The Hall–Kier alpha value is -1.95. The summed E-state index contributed by atoms with van der Waals surface area (Å²) >= 11 is 1.40. The maximum atomic E-state index is 11.4. The molecule has 0 amide bonds. The van der Waals surface area contributed by atoms with Crippen LogP contribution in [0.5, 0.6) is 0 Å². The number of hydrogen-bond acceptors (Lipinski definition) is 6. The second-order valence-electron chi connectivity index (χ2n) is 5.68. The fraction of sp³-hybridized carbons (Fsp3) is 0.438. The van der Waals surface area contributed by atoms with Crippen LogP contribution < -0.4 is 5.32 Å². The van der Waals surface area contributed by atoms with Crippen molar-refractivity contribution in [3.63, 3.8) is 0 Å². The zero-order chi connectivity index (χ0) is 15.5. The van der Waals surface area contributed by atoms with Gasteiger partial charge in [-0.1, -0.05) is 19.1 Å². The smallest absolute Gasteiger partial charge is 0.308 e. The summed E-state index contributed by atoms with van der Waals surface area (Å²) < 4.78 is 9.13. The van der Waals surface area contributed by atoms with Crippen LogP contribution in [0.15, 0.2) is 24.3 Å². The summed E-state index contributed by atoms with van der Waals surface area (Å²) in [6.45, 7) is 1.87. The van der Waals surface area contributed by atoms with Gasteiger partial charge in [-0.3, -0.25) is 4.79 Å². The molecule has 1 atom stereocenters. The largest absolute Gasteiger partial charge is 0.469 e. The Bertz CT molecular complexity index is 650. The van der Waals surface area contributed by atoms with Gasteiger partial charge in [-0.05, 0) is 37.0 Å². The predicted molar refractivity (Wildman–Crippen MR) is 86.5 cm³/mol. The first-order valence-electron chi connectivity index (χ1n) is 7.43. The van der Waals surface area contributed by atoms with Crippen LogP contribution in [-0.2, 0) is 16.0 Å². The Morgan fingerprint density at radius 2 is 2.14 bits per heavy atom. The van der Waals surface area contributed by atoms with Crippen molar-refractivity contribution in [1.29, 1.82) is 0 Å². The standard InChI is InChI=1S/C16H19N3O2S/c1-10(15(20)21-2)9-11-3-7-13(8-4-11)17-16-18-14(19-22-16)12-5-6-12/h3-4,7-8,10,12H,5-6,9H2,1-2H3,(H,17,18,19). The lowest BCUT2D eigenvalue weighted by molar-refractivity contribution is -0.144. The van der Waals surface area contributed by atoms with Crippen LogP contribution >= 0.6 is 11.5 Å². The Labute approximate surface area is 133 Å². The van der Waals surface area contributed by atoms with Gasteiger partial charge in [-0.15, -0.1) is 0 Å². The zero-order valence-electron chi connectivity index (χ0n) is 12.7. The normalized spacial score (nSPS) is 15.4. The van der Waals surface area contributed by atoms with E-state index in [9.17, 15) is 4.79 Å². The molecule has 1 unspecified atom stereocenters. The van der Waals surface area contributed by atoms with Crippen molar-refractivity contribution in [2.24, 2.45) is 5.92 Å². The van der Waals surface area contributed by atoms with Crippen LogP contribution in [0.4, 0.5) is 10.8 Å². The molecule has 1 N–H and O–H groups in total. The second kappa shape index (κ2) is 6.44. The molecule has 1 aliphatic rings. The van der Waals surface area contributed by atoms with Gasteiger partial charge >= 0.3 is 5.97 Å². The highest BCUT2D eigenvalue weighted by Gasteiger charge is 2.27. The maximum absolute atomic E-state index is 11.4. The summed E-state index contributed by atoms with van der Waals surface area (Å²) in [7, 11) is 1.42. The van der Waals surface area contributed by atoms with Gasteiger partial charge in [-0.2, -0.15) is 4.37 Å². The van der Waals surface area contributed by atoms with E-state index in [2.05, 4.69) is 14.7 Å². The molecule has 22 heavy (non-hydrogen) atoms. The second-order valence-corrected chi connectivity index (χ2v) is 6.43. The third-order valence-corrected chi connectivity index (χ3v) is 4.38. The first kappa shape index (κ1) is 15.0. The van der Waals surface area contributed by atoms with Crippen molar-refractivity contribution >= 4 is 28.3 Å². The molecule has 1 aliphatic carbocycles. The molecule has 116 valence electrons. The van der Waals surface area contributed by atoms with Crippen LogP contribution in [0.2, 0.25) is 0 Å². The molecule has 1 aromatic heterocycles. The van der Waals surface area contributed by atoms with Crippen molar-refractivity contribution in [3.05, 3.63) is 35.7 Å². The SMILES string of the molecule is COC(=O)C(C)Cc1ccc(Nc2nc(C3CC3)ns2)cc1. The molecular formula is C16H19N3O2S. The van der Waals surface area contributed by atoms with E-state index in [4.69, 9.17) is 4.74 Å². The molecule has 1 saturated carbocycles. The third kappa shape index (κ3) is 3.62. The number of rotatable bonds is 6. The maximum Gasteiger partial charge on any atom is 0.308 e. The topological polar surface area (TPSA) is 64.1 Å². The molecule has 0 radical (unpaired) electrons. The van der Waals surface area contributed by atoms with Gasteiger partial charge in [-0.25, -0.2) is 4.98 Å². The summed E-state index contributed by atoms with van der Waals surface area (Å²) in [5.74, 6) is 1.24. The minimum Gasteiger partial charge on any atom is -0.469 e. The summed E-state index contributed by atoms with van der Waals surface area (Å²) in [6, 6.07) is 8.03. The van der Waals surface area contributed by atoms with E-state index in [0.717, 1.165) is 22.2 Å². The Morgan fingerprint density at radius 1 is 1.41 bits per heavy atom. The van der Waals surface area contributed by atoms with Crippen molar-refractivity contribution in [1.82, 2.24) is 9.36 Å². The zero-order valence-corrected chi connectivity index (χ0v) is 13.5. The van der Waals surface area contributed by atoms with Gasteiger partial charge in [0.15, 0.2) is 0 Å². The summed E-state index contributed by atoms with van der Waals surface area (Å²) in [4.78, 5) is 15.9. The highest BCUT2D eigenvalue weighted by atomic mass is 32.1. The number of ether oxygens (including phenoxy) is 1. The van der Waals surface area contributed by atoms with E-state index < -0.39 is 0 Å². The fourth-order valence-electron chi connectivity index (χ4n) is 2.28. The number of nitrogens with one attached hydrogen (secondary N) is 1. The van der Waals surface area contributed by atoms with Crippen LogP contribution in [0, 0.1) is 5.92 Å². The molecule has 0 bridgehead atoms. The average Bonchev–Trinajstić information content (AvgIpc) is 3.28. The van der Waals surface area contributed by atoms with Gasteiger partial charge in [0, 0.05) is 23.1 Å². The number of methoxy groups -OCH3 is 1. The number of carbonyl (C=O) groups excluding carboxylic acids is 1. The molecule has 5 nitrogen and oxygen atoms in total. The van der Waals surface area contributed by atoms with Crippen molar-refractivity contribution < 1.29 is 9.53 Å². The fourth-order valence-corrected chi connectivity index (χ4v) is 2.95. The molecule has 0 spiro atoms. The summed E-state index contributed by atoms with van der Waals surface area (Å²) in [5, 5.41) is 4.11. The number of aromatic nitrogens is 2. The van der Waals surface area contributed by atoms with Crippen molar-refractivity contribution in [2.45, 2.75) is 32.1 Å². The van der Waals surface area contributed by atoms with Crippen molar-refractivity contribution in [3.8, 4) is 0 Å². The van der Waals surface area contributed by atoms with Gasteiger partial charge in [0.25, 0.3) is 0 Å². The number of benzene rings is 1. The minimum atomic E-state index is -0.177. The summed E-state index contributed by atoms with van der Waals surface area (Å²) in [5.41, 5.74) is 2.09. The third-order valence-electron chi connectivity index (χ3n) is 3.73. The van der Waals surface area contributed by atoms with E-state index in [1.165, 1.54) is 31.5 Å². The van der Waals surface area contributed by atoms with E-state index in [1.54, 1.807) is 0 Å². The first-order chi connectivity index (χ1) is 10.7. The molecule has 1 aromatic carbocycles. The highest BCUT2D eigenvalue weighted by Crippen LogP contribution is 2.39. The molecule has 3 rings (SSSR count). The van der Waals surface area contributed by atoms with Crippen LogP contribution in [0.3, 0.4) is 0 Å². The van der Waals surface area contributed by atoms with Gasteiger partial charge in [0.05, 0.1) is 13.0 Å². The number of carbonyl (C=O) groups is 1. The Balaban J connectivity index is 1.59. The lowest BCUT2D eigenvalue weighted by Gasteiger charge is -2.09. The number of anilines is 2. The number of esters is 1. The van der Waals surface area contributed by atoms with Gasteiger partial charge < -0.3 is 10.1 Å². The number of nitrogens with zero attached hydrogens (tertiary/aromatic N) is 2. The van der Waals surface area contributed by atoms with Crippen LogP contribution in [-0.4, -0.2) is 22.4 Å².